The lowest BCUT2D eigenvalue weighted by molar-refractivity contribution is -0.141. The van der Waals surface area contributed by atoms with E-state index in [2.05, 4.69) is 20.3 Å². The van der Waals surface area contributed by atoms with Crippen LogP contribution in [0.25, 0.3) is 11.5 Å². The van der Waals surface area contributed by atoms with Crippen LogP contribution in [0.15, 0.2) is 35.0 Å². The first-order valence-corrected chi connectivity index (χ1v) is 7.88. The molecule has 3 aromatic heterocycles. The van der Waals surface area contributed by atoms with Crippen molar-refractivity contribution in [3.05, 3.63) is 47.9 Å². The molecule has 130 valence electrons. The molecule has 9 heteroatoms. The molecule has 0 bridgehead atoms. The zero-order valence-electron chi connectivity index (χ0n) is 13.1. The molecular weight excluding hydrogens is 335 g/mol. The average Bonchev–Trinajstić information content (AvgIpc) is 3.16. The summed E-state index contributed by atoms with van der Waals surface area (Å²) in [6.07, 6.45) is 0.906. The number of hydrogen-bond acceptors (Lipinski definition) is 5. The van der Waals surface area contributed by atoms with Gasteiger partial charge in [0.2, 0.25) is 11.8 Å². The van der Waals surface area contributed by atoms with Crippen molar-refractivity contribution in [3.8, 4) is 11.5 Å². The molecule has 0 aromatic carbocycles. The van der Waals surface area contributed by atoms with Crippen LogP contribution in [0.5, 0.6) is 0 Å². The van der Waals surface area contributed by atoms with Gasteiger partial charge in [0.25, 0.3) is 0 Å². The van der Waals surface area contributed by atoms with Gasteiger partial charge in [-0.3, -0.25) is 9.67 Å². The number of nitrogens with zero attached hydrogens (tertiary/aromatic N) is 5. The van der Waals surface area contributed by atoms with E-state index >= 15 is 0 Å². The van der Waals surface area contributed by atoms with Crippen molar-refractivity contribution in [2.75, 3.05) is 0 Å². The molecular formula is C16H14F3N5O. The molecule has 0 spiro atoms. The molecule has 0 unspecified atom stereocenters. The maximum Gasteiger partial charge on any atom is 0.435 e. The maximum absolute atomic E-state index is 12.9. The number of halogens is 3. The van der Waals surface area contributed by atoms with Gasteiger partial charge in [-0.15, -0.1) is 10.2 Å². The van der Waals surface area contributed by atoms with Gasteiger partial charge >= 0.3 is 6.18 Å². The van der Waals surface area contributed by atoms with E-state index in [-0.39, 0.29) is 12.5 Å². The highest BCUT2D eigenvalue weighted by atomic mass is 19.4. The summed E-state index contributed by atoms with van der Waals surface area (Å²) in [6, 6.07) is 4.63. The summed E-state index contributed by atoms with van der Waals surface area (Å²) in [5, 5.41) is 11.6. The predicted octanol–water partition coefficient (Wildman–Crippen LogP) is 3.47. The van der Waals surface area contributed by atoms with E-state index in [9.17, 15) is 13.2 Å². The van der Waals surface area contributed by atoms with E-state index in [1.807, 2.05) is 0 Å². The maximum atomic E-state index is 12.9. The molecule has 0 N–H and O–H groups in total. The van der Waals surface area contributed by atoms with Gasteiger partial charge in [0, 0.05) is 42.5 Å². The summed E-state index contributed by atoms with van der Waals surface area (Å²) in [4.78, 5) is 3.91. The van der Waals surface area contributed by atoms with Gasteiger partial charge < -0.3 is 4.42 Å². The molecule has 1 fully saturated rings. The van der Waals surface area contributed by atoms with Gasteiger partial charge in [-0.05, 0) is 31.0 Å². The number of aromatic nitrogens is 5. The fraction of sp³-hybridized carbons (Fsp3) is 0.375. The summed E-state index contributed by atoms with van der Waals surface area (Å²) in [5.74, 6) is 0.882. The van der Waals surface area contributed by atoms with Crippen LogP contribution in [0, 0.1) is 0 Å². The van der Waals surface area contributed by atoms with Crippen molar-refractivity contribution in [1.82, 2.24) is 25.0 Å². The number of hydrogen-bond donors (Lipinski definition) is 0. The third-order valence-electron chi connectivity index (χ3n) is 4.03. The van der Waals surface area contributed by atoms with Gasteiger partial charge in [0.05, 0.1) is 0 Å². The van der Waals surface area contributed by atoms with Crippen LogP contribution in [0.3, 0.4) is 0 Å². The van der Waals surface area contributed by atoms with Crippen LogP contribution in [-0.2, 0) is 19.1 Å². The van der Waals surface area contributed by atoms with Gasteiger partial charge in [0.15, 0.2) is 5.69 Å². The molecule has 0 atom stereocenters. The highest BCUT2D eigenvalue weighted by Crippen LogP contribution is 2.42. The molecule has 3 heterocycles. The lowest BCUT2D eigenvalue weighted by Crippen LogP contribution is -2.10. The first-order valence-electron chi connectivity index (χ1n) is 7.88. The molecule has 6 nitrogen and oxygen atoms in total. The Labute approximate surface area is 140 Å². The fourth-order valence-corrected chi connectivity index (χ4v) is 2.62. The van der Waals surface area contributed by atoms with Crippen LogP contribution in [0.4, 0.5) is 13.2 Å². The van der Waals surface area contributed by atoms with E-state index in [1.165, 1.54) is 4.68 Å². The largest absolute Gasteiger partial charge is 0.435 e. The van der Waals surface area contributed by atoms with E-state index < -0.39 is 11.9 Å². The number of rotatable bonds is 5. The van der Waals surface area contributed by atoms with Crippen LogP contribution in [-0.4, -0.2) is 25.0 Å². The van der Waals surface area contributed by atoms with Crippen molar-refractivity contribution in [3.63, 3.8) is 0 Å². The Hall–Kier alpha value is -2.71. The number of aryl methyl sites for hydroxylation is 2. The van der Waals surface area contributed by atoms with E-state index in [0.717, 1.165) is 24.5 Å². The first-order chi connectivity index (χ1) is 12.0. The number of alkyl halides is 3. The quantitative estimate of drug-likeness (QED) is 0.705. The normalized spacial score (nSPS) is 14.8. The van der Waals surface area contributed by atoms with Crippen LogP contribution >= 0.6 is 0 Å². The standard InChI is InChI=1S/C16H14F3N5O/c17-16(18,19)13-9-12(10-1-2-10)24(23-13)8-5-14-21-22-15(25-14)11-3-6-20-7-4-11/h3-4,6-7,9-10H,1-2,5,8H2. The molecule has 0 amide bonds. The van der Waals surface area contributed by atoms with Gasteiger partial charge in [0.1, 0.15) is 0 Å². The van der Waals surface area contributed by atoms with Crippen LogP contribution in [0.2, 0.25) is 0 Å². The van der Waals surface area contributed by atoms with E-state index in [0.29, 0.717) is 23.9 Å². The molecule has 3 aromatic rings. The molecule has 1 aliphatic carbocycles. The minimum absolute atomic E-state index is 0.165. The zero-order valence-corrected chi connectivity index (χ0v) is 13.1. The molecule has 0 saturated heterocycles. The lowest BCUT2D eigenvalue weighted by Gasteiger charge is -2.04. The third-order valence-corrected chi connectivity index (χ3v) is 4.03. The topological polar surface area (TPSA) is 69.6 Å². The lowest BCUT2D eigenvalue weighted by atomic mass is 10.2. The van der Waals surface area contributed by atoms with Gasteiger partial charge in [-0.25, -0.2) is 0 Å². The zero-order chi connectivity index (χ0) is 17.4. The average molecular weight is 349 g/mol. The van der Waals surface area contributed by atoms with Crippen molar-refractivity contribution in [1.29, 1.82) is 0 Å². The molecule has 25 heavy (non-hydrogen) atoms. The molecule has 0 aliphatic heterocycles. The highest BCUT2D eigenvalue weighted by molar-refractivity contribution is 5.50. The van der Waals surface area contributed by atoms with Crippen molar-refractivity contribution in [2.24, 2.45) is 0 Å². The smallest absolute Gasteiger partial charge is 0.421 e. The fourth-order valence-electron chi connectivity index (χ4n) is 2.62. The second-order valence-corrected chi connectivity index (χ2v) is 5.94. The Kier molecular flexibility index (Phi) is 3.78. The first kappa shape index (κ1) is 15.8. The van der Waals surface area contributed by atoms with E-state index in [4.69, 9.17) is 4.42 Å². The molecule has 4 rings (SSSR count). The molecule has 0 radical (unpaired) electrons. The van der Waals surface area contributed by atoms with Crippen LogP contribution < -0.4 is 0 Å². The van der Waals surface area contributed by atoms with Crippen molar-refractivity contribution in [2.45, 2.75) is 37.9 Å². The van der Waals surface area contributed by atoms with Gasteiger partial charge in [-0.1, -0.05) is 0 Å². The third kappa shape index (κ3) is 3.40. The summed E-state index contributed by atoms with van der Waals surface area (Å²) in [5.41, 5.74) is 0.518. The van der Waals surface area contributed by atoms with Gasteiger partial charge in [-0.2, -0.15) is 18.3 Å². The summed E-state index contributed by atoms with van der Waals surface area (Å²) in [7, 11) is 0. The minimum atomic E-state index is -4.44. The summed E-state index contributed by atoms with van der Waals surface area (Å²) < 4.78 is 45.7. The summed E-state index contributed by atoms with van der Waals surface area (Å²) >= 11 is 0. The Morgan fingerprint density at radius 3 is 2.60 bits per heavy atom. The number of pyridine rings is 1. The minimum Gasteiger partial charge on any atom is -0.421 e. The van der Waals surface area contributed by atoms with Crippen LogP contribution in [0.1, 0.15) is 36.0 Å². The van der Waals surface area contributed by atoms with Crippen molar-refractivity contribution >= 4 is 0 Å². The predicted molar refractivity (Wildman–Crippen MR) is 80.4 cm³/mol. The highest BCUT2D eigenvalue weighted by Gasteiger charge is 2.37. The Morgan fingerprint density at radius 2 is 1.92 bits per heavy atom. The second-order valence-electron chi connectivity index (χ2n) is 5.94. The Balaban J connectivity index is 1.50. The Bertz CT molecular complexity index is 868. The van der Waals surface area contributed by atoms with Crippen molar-refractivity contribution < 1.29 is 17.6 Å². The SMILES string of the molecule is FC(F)(F)c1cc(C2CC2)n(CCc2nnc(-c3ccncc3)o2)n1. The Morgan fingerprint density at radius 1 is 1.16 bits per heavy atom. The summed E-state index contributed by atoms with van der Waals surface area (Å²) in [6.45, 7) is 0.264. The molecule has 1 aliphatic rings. The molecule has 1 saturated carbocycles. The second kappa shape index (κ2) is 5.98. The van der Waals surface area contributed by atoms with E-state index in [1.54, 1.807) is 24.5 Å². The monoisotopic (exact) mass is 349 g/mol.